The number of rotatable bonds is 8. The van der Waals surface area contributed by atoms with Crippen LogP contribution in [-0.2, 0) is 21.3 Å². The number of aryl methyl sites for hydroxylation is 1. The van der Waals surface area contributed by atoms with E-state index >= 15 is 0 Å². The highest BCUT2D eigenvalue weighted by Gasteiger charge is 2.24. The Hall–Kier alpha value is -2.58. The summed E-state index contributed by atoms with van der Waals surface area (Å²) in [5.41, 5.74) is 2.52. The summed E-state index contributed by atoms with van der Waals surface area (Å²) in [4.78, 5) is 15.1. The number of methoxy groups -OCH3 is 1. The largest absolute Gasteiger partial charge is 0.497 e. The standard InChI is InChI=1S/C22H28N2O5S/c1-16-9-10-18(13-21(16)23-30(3,26)27)22(25)24(15-20-8-5-11-29-20)14-17-6-4-7-19(12-17)28-2/h4,6-7,9-10,12-13,20,23H,5,8,11,14-15H2,1-3H3/t20-/m1/s1. The normalized spacial score (nSPS) is 16.3. The number of ether oxygens (including phenoxy) is 2. The van der Waals surface area contributed by atoms with Crippen molar-refractivity contribution < 1.29 is 22.7 Å². The Kier molecular flexibility index (Phi) is 6.99. The highest BCUT2D eigenvalue weighted by Crippen LogP contribution is 2.22. The van der Waals surface area contributed by atoms with Crippen molar-refractivity contribution in [1.82, 2.24) is 4.90 Å². The van der Waals surface area contributed by atoms with Gasteiger partial charge in [0.2, 0.25) is 10.0 Å². The van der Waals surface area contributed by atoms with Crippen LogP contribution in [0.2, 0.25) is 0 Å². The first-order valence-corrected chi connectivity index (χ1v) is 11.8. The van der Waals surface area contributed by atoms with Gasteiger partial charge in [-0.25, -0.2) is 8.42 Å². The third kappa shape index (κ3) is 5.96. The minimum absolute atomic E-state index is 0.00128. The molecular weight excluding hydrogens is 404 g/mol. The van der Waals surface area contributed by atoms with E-state index in [-0.39, 0.29) is 12.0 Å². The summed E-state index contributed by atoms with van der Waals surface area (Å²) in [5, 5.41) is 0. The molecule has 0 aliphatic carbocycles. The van der Waals surface area contributed by atoms with Crippen LogP contribution in [0.5, 0.6) is 5.75 Å². The van der Waals surface area contributed by atoms with Crippen molar-refractivity contribution in [2.24, 2.45) is 0 Å². The van der Waals surface area contributed by atoms with E-state index in [0.29, 0.717) is 30.9 Å². The molecule has 0 aromatic heterocycles. The van der Waals surface area contributed by atoms with Gasteiger partial charge in [-0.3, -0.25) is 9.52 Å². The second-order valence-corrected chi connectivity index (χ2v) is 9.32. The van der Waals surface area contributed by atoms with E-state index in [1.807, 2.05) is 24.3 Å². The second kappa shape index (κ2) is 9.49. The molecule has 1 aliphatic heterocycles. The maximum atomic E-state index is 13.4. The van der Waals surface area contributed by atoms with Crippen LogP contribution in [0.3, 0.4) is 0 Å². The molecule has 0 spiro atoms. The Balaban J connectivity index is 1.88. The van der Waals surface area contributed by atoms with Crippen LogP contribution in [0, 0.1) is 6.92 Å². The minimum atomic E-state index is -3.45. The lowest BCUT2D eigenvalue weighted by atomic mass is 10.1. The first-order valence-electron chi connectivity index (χ1n) is 9.87. The van der Waals surface area contributed by atoms with Crippen LogP contribution in [0.4, 0.5) is 5.69 Å². The van der Waals surface area contributed by atoms with Crippen LogP contribution in [0.1, 0.15) is 34.3 Å². The van der Waals surface area contributed by atoms with Gasteiger partial charge >= 0.3 is 0 Å². The van der Waals surface area contributed by atoms with Gasteiger partial charge in [-0.2, -0.15) is 0 Å². The van der Waals surface area contributed by atoms with Gasteiger partial charge in [0.15, 0.2) is 0 Å². The lowest BCUT2D eigenvalue weighted by Crippen LogP contribution is -2.37. The van der Waals surface area contributed by atoms with Crippen molar-refractivity contribution in [2.45, 2.75) is 32.4 Å². The molecule has 2 aromatic carbocycles. The summed E-state index contributed by atoms with van der Waals surface area (Å²) in [6.45, 7) is 3.37. The average Bonchev–Trinajstić information content (AvgIpc) is 3.21. The molecule has 0 radical (unpaired) electrons. The highest BCUT2D eigenvalue weighted by molar-refractivity contribution is 7.92. The third-order valence-electron chi connectivity index (χ3n) is 5.02. The Morgan fingerprint density at radius 2 is 2.07 bits per heavy atom. The molecule has 162 valence electrons. The van der Waals surface area contributed by atoms with Gasteiger partial charge in [0.25, 0.3) is 5.91 Å². The monoisotopic (exact) mass is 432 g/mol. The van der Waals surface area contributed by atoms with Crippen molar-refractivity contribution in [3.8, 4) is 5.75 Å². The Bertz CT molecular complexity index is 1000. The molecule has 0 bridgehead atoms. The first-order chi connectivity index (χ1) is 14.2. The molecule has 7 nitrogen and oxygen atoms in total. The fourth-order valence-electron chi connectivity index (χ4n) is 3.49. The summed E-state index contributed by atoms with van der Waals surface area (Å²) < 4.78 is 36.9. The zero-order valence-electron chi connectivity index (χ0n) is 17.6. The SMILES string of the molecule is COc1cccc(CN(C[C@H]2CCCO2)C(=O)c2ccc(C)c(NS(C)(=O)=O)c2)c1. The van der Waals surface area contributed by atoms with E-state index in [0.717, 1.165) is 36.0 Å². The lowest BCUT2D eigenvalue weighted by molar-refractivity contribution is 0.0507. The first kappa shape index (κ1) is 22.1. The predicted octanol–water partition coefficient (Wildman–Crippen LogP) is 3.20. The smallest absolute Gasteiger partial charge is 0.254 e. The molecule has 1 heterocycles. The molecule has 1 N–H and O–H groups in total. The fraction of sp³-hybridized carbons (Fsp3) is 0.409. The summed E-state index contributed by atoms with van der Waals surface area (Å²) in [6.07, 6.45) is 2.99. The van der Waals surface area contributed by atoms with Gasteiger partial charge in [-0.15, -0.1) is 0 Å². The van der Waals surface area contributed by atoms with Gasteiger partial charge in [-0.1, -0.05) is 18.2 Å². The molecule has 0 unspecified atom stereocenters. The van der Waals surface area contributed by atoms with Crippen molar-refractivity contribution >= 4 is 21.6 Å². The molecule has 0 saturated carbocycles. The summed E-state index contributed by atoms with van der Waals surface area (Å²) >= 11 is 0. The molecule has 2 aromatic rings. The molecule has 1 aliphatic rings. The van der Waals surface area contributed by atoms with Gasteiger partial charge in [0.1, 0.15) is 5.75 Å². The number of hydrogen-bond acceptors (Lipinski definition) is 5. The summed E-state index contributed by atoms with van der Waals surface area (Å²) in [6, 6.07) is 12.7. The third-order valence-corrected chi connectivity index (χ3v) is 5.61. The zero-order chi connectivity index (χ0) is 21.7. The van der Waals surface area contributed by atoms with Crippen molar-refractivity contribution in [3.63, 3.8) is 0 Å². The zero-order valence-corrected chi connectivity index (χ0v) is 18.4. The van der Waals surface area contributed by atoms with Gasteiger partial charge in [0, 0.05) is 25.3 Å². The van der Waals surface area contributed by atoms with Crippen LogP contribution in [0.25, 0.3) is 0 Å². The number of nitrogens with one attached hydrogen (secondary N) is 1. The molecule has 8 heteroatoms. The van der Waals surface area contributed by atoms with E-state index < -0.39 is 10.0 Å². The number of hydrogen-bond donors (Lipinski definition) is 1. The Morgan fingerprint density at radius 1 is 1.27 bits per heavy atom. The Labute approximate surface area is 178 Å². The maximum Gasteiger partial charge on any atom is 0.254 e. The predicted molar refractivity (Wildman–Crippen MR) is 116 cm³/mol. The molecular formula is C22H28N2O5S. The van der Waals surface area contributed by atoms with E-state index in [2.05, 4.69) is 4.72 Å². The second-order valence-electron chi connectivity index (χ2n) is 7.58. The van der Waals surface area contributed by atoms with Crippen LogP contribution >= 0.6 is 0 Å². The maximum absolute atomic E-state index is 13.4. The molecule has 1 amide bonds. The molecule has 1 saturated heterocycles. The van der Waals surface area contributed by atoms with Crippen molar-refractivity contribution in [1.29, 1.82) is 0 Å². The molecule has 3 rings (SSSR count). The number of benzene rings is 2. The van der Waals surface area contributed by atoms with Gasteiger partial charge in [-0.05, 0) is 55.2 Å². The molecule has 30 heavy (non-hydrogen) atoms. The van der Waals surface area contributed by atoms with E-state index in [1.54, 1.807) is 37.1 Å². The number of sulfonamides is 1. The lowest BCUT2D eigenvalue weighted by Gasteiger charge is -2.26. The van der Waals surface area contributed by atoms with Crippen molar-refractivity contribution in [3.05, 3.63) is 59.2 Å². The average molecular weight is 433 g/mol. The summed E-state index contributed by atoms with van der Waals surface area (Å²) in [7, 11) is -1.84. The fourth-order valence-corrected chi connectivity index (χ4v) is 4.11. The van der Waals surface area contributed by atoms with Gasteiger partial charge in [0.05, 0.1) is 25.2 Å². The topological polar surface area (TPSA) is 84.9 Å². The number of nitrogens with zero attached hydrogens (tertiary/aromatic N) is 1. The van der Waals surface area contributed by atoms with E-state index in [1.165, 1.54) is 0 Å². The highest BCUT2D eigenvalue weighted by atomic mass is 32.2. The van der Waals surface area contributed by atoms with Crippen LogP contribution in [0.15, 0.2) is 42.5 Å². The van der Waals surface area contributed by atoms with Crippen LogP contribution in [-0.4, -0.2) is 51.8 Å². The quantitative estimate of drug-likeness (QED) is 0.692. The van der Waals surface area contributed by atoms with Crippen molar-refractivity contribution in [2.75, 3.05) is 31.2 Å². The van der Waals surface area contributed by atoms with E-state index in [4.69, 9.17) is 9.47 Å². The number of anilines is 1. The number of amides is 1. The number of carbonyl (C=O) groups excluding carboxylic acids is 1. The number of carbonyl (C=O) groups is 1. The molecule has 1 fully saturated rings. The minimum Gasteiger partial charge on any atom is -0.497 e. The summed E-state index contributed by atoms with van der Waals surface area (Å²) in [5.74, 6) is 0.553. The molecule has 1 atom stereocenters. The Morgan fingerprint density at radius 3 is 2.73 bits per heavy atom. The van der Waals surface area contributed by atoms with Crippen LogP contribution < -0.4 is 9.46 Å². The van der Waals surface area contributed by atoms with E-state index in [9.17, 15) is 13.2 Å². The van der Waals surface area contributed by atoms with Gasteiger partial charge < -0.3 is 14.4 Å².